The van der Waals surface area contributed by atoms with Crippen LogP contribution in [0, 0.1) is 0 Å². The van der Waals surface area contributed by atoms with Crippen molar-refractivity contribution in [3.63, 3.8) is 0 Å². The monoisotopic (exact) mass is 348 g/mol. The van der Waals surface area contributed by atoms with Crippen LogP contribution in [0.15, 0.2) is 0 Å². The standard InChI is InChI=1S/2C8H14O4/c2*1-2-11-8(10)7-4-3-6(9)5-12-7/h2*6-7,9H,2-5H2,1H3/t2*6-,7+/m10/s1. The minimum absolute atomic E-state index is 0.240. The second-order valence-electron chi connectivity index (χ2n) is 5.61. The van der Waals surface area contributed by atoms with Gasteiger partial charge in [0.1, 0.15) is 0 Å². The third-order valence-corrected chi connectivity index (χ3v) is 3.60. The first-order valence-corrected chi connectivity index (χ1v) is 8.40. The fourth-order valence-electron chi connectivity index (χ4n) is 2.32. The number of rotatable bonds is 4. The molecule has 4 atom stereocenters. The van der Waals surface area contributed by atoms with Crippen LogP contribution < -0.4 is 0 Å². The Morgan fingerprint density at radius 2 is 1.21 bits per heavy atom. The van der Waals surface area contributed by atoms with Crippen LogP contribution in [0.2, 0.25) is 0 Å². The quantitative estimate of drug-likeness (QED) is 0.692. The molecule has 140 valence electrons. The Hall–Kier alpha value is -1.22. The average Bonchev–Trinajstić information content (AvgIpc) is 2.57. The lowest BCUT2D eigenvalue weighted by Crippen LogP contribution is -2.35. The van der Waals surface area contributed by atoms with Gasteiger partial charge in [0.15, 0.2) is 12.2 Å². The molecule has 0 saturated carbocycles. The summed E-state index contributed by atoms with van der Waals surface area (Å²) in [4.78, 5) is 22.2. The van der Waals surface area contributed by atoms with Crippen molar-refractivity contribution >= 4 is 11.9 Å². The Morgan fingerprint density at radius 1 is 0.833 bits per heavy atom. The van der Waals surface area contributed by atoms with E-state index in [0.717, 1.165) is 0 Å². The van der Waals surface area contributed by atoms with Crippen molar-refractivity contribution in [2.45, 2.75) is 63.9 Å². The molecule has 2 fully saturated rings. The summed E-state index contributed by atoms with van der Waals surface area (Å²) >= 11 is 0. The molecule has 2 rings (SSSR count). The molecule has 8 nitrogen and oxygen atoms in total. The number of esters is 2. The molecule has 0 aromatic heterocycles. The van der Waals surface area contributed by atoms with Crippen LogP contribution in [0.25, 0.3) is 0 Å². The van der Waals surface area contributed by atoms with Crippen molar-refractivity contribution in [3.05, 3.63) is 0 Å². The Balaban J connectivity index is 0.000000240. The lowest BCUT2D eigenvalue weighted by atomic mass is 10.1. The largest absolute Gasteiger partial charge is 0.464 e. The minimum atomic E-state index is -0.464. The molecule has 0 aromatic carbocycles. The van der Waals surface area contributed by atoms with Gasteiger partial charge >= 0.3 is 11.9 Å². The molecule has 2 aliphatic heterocycles. The van der Waals surface area contributed by atoms with Crippen molar-refractivity contribution < 1.29 is 38.7 Å². The van der Waals surface area contributed by atoms with E-state index in [-0.39, 0.29) is 25.2 Å². The zero-order chi connectivity index (χ0) is 17.9. The van der Waals surface area contributed by atoms with Gasteiger partial charge in [0.25, 0.3) is 0 Å². The SMILES string of the molecule is CCOC(=O)[C@@H]1CC[C@@H](O)CO1.CCOC(=O)[C@H]1CC[C@H](O)CO1. The molecule has 0 amide bonds. The highest BCUT2D eigenvalue weighted by Crippen LogP contribution is 2.15. The van der Waals surface area contributed by atoms with Gasteiger partial charge in [-0.25, -0.2) is 9.59 Å². The number of hydrogen-bond acceptors (Lipinski definition) is 8. The topological polar surface area (TPSA) is 112 Å². The van der Waals surface area contributed by atoms with Crippen LogP contribution in [-0.2, 0) is 28.5 Å². The smallest absolute Gasteiger partial charge is 0.335 e. The van der Waals surface area contributed by atoms with Gasteiger partial charge in [0.2, 0.25) is 0 Å². The predicted molar refractivity (Wildman–Crippen MR) is 83.2 cm³/mol. The lowest BCUT2D eigenvalue weighted by molar-refractivity contribution is -0.164. The van der Waals surface area contributed by atoms with Crippen molar-refractivity contribution in [1.29, 1.82) is 0 Å². The zero-order valence-electron chi connectivity index (χ0n) is 14.3. The zero-order valence-corrected chi connectivity index (χ0v) is 14.3. The molecule has 2 aliphatic rings. The number of aliphatic hydroxyl groups is 2. The maximum Gasteiger partial charge on any atom is 0.335 e. The lowest BCUT2D eigenvalue weighted by Gasteiger charge is -2.24. The van der Waals surface area contributed by atoms with Gasteiger partial charge in [-0.3, -0.25) is 0 Å². The second-order valence-corrected chi connectivity index (χ2v) is 5.61. The number of aliphatic hydroxyl groups excluding tert-OH is 2. The molecule has 0 radical (unpaired) electrons. The van der Waals surface area contributed by atoms with Gasteiger partial charge in [-0.2, -0.15) is 0 Å². The van der Waals surface area contributed by atoms with Crippen molar-refractivity contribution in [3.8, 4) is 0 Å². The average molecular weight is 348 g/mol. The fraction of sp³-hybridized carbons (Fsp3) is 0.875. The normalized spacial score (nSPS) is 29.8. The highest BCUT2D eigenvalue weighted by molar-refractivity contribution is 5.75. The van der Waals surface area contributed by atoms with Gasteiger partial charge in [0.05, 0.1) is 38.6 Å². The minimum Gasteiger partial charge on any atom is -0.464 e. The summed E-state index contributed by atoms with van der Waals surface area (Å²) in [6.07, 6.45) is 0.570. The molecule has 0 aliphatic carbocycles. The van der Waals surface area contributed by atoms with Crippen molar-refractivity contribution in [2.75, 3.05) is 26.4 Å². The number of carbonyl (C=O) groups is 2. The number of ether oxygens (including phenoxy) is 4. The fourth-order valence-corrected chi connectivity index (χ4v) is 2.32. The molecule has 2 heterocycles. The Morgan fingerprint density at radius 3 is 1.46 bits per heavy atom. The summed E-state index contributed by atoms with van der Waals surface area (Å²) in [5.74, 6) is -0.631. The molecule has 0 unspecified atom stereocenters. The van der Waals surface area contributed by atoms with Crippen LogP contribution in [0.3, 0.4) is 0 Å². The molecular weight excluding hydrogens is 320 g/mol. The van der Waals surface area contributed by atoms with Crippen molar-refractivity contribution in [1.82, 2.24) is 0 Å². The van der Waals surface area contributed by atoms with Crippen LogP contribution in [0.1, 0.15) is 39.5 Å². The third kappa shape index (κ3) is 7.57. The van der Waals surface area contributed by atoms with Crippen molar-refractivity contribution in [2.24, 2.45) is 0 Å². The predicted octanol–water partition coefficient (Wildman–Crippen LogP) is 0.179. The van der Waals surface area contributed by atoms with Gasteiger partial charge in [0, 0.05) is 0 Å². The first-order chi connectivity index (χ1) is 11.5. The van der Waals surface area contributed by atoms with Gasteiger partial charge in [-0.15, -0.1) is 0 Å². The molecule has 0 aromatic rings. The maximum absolute atomic E-state index is 11.1. The van der Waals surface area contributed by atoms with Gasteiger partial charge in [-0.05, 0) is 39.5 Å². The van der Waals surface area contributed by atoms with Crippen LogP contribution in [-0.4, -0.2) is 73.0 Å². The molecule has 8 heteroatoms. The van der Waals surface area contributed by atoms with Crippen LogP contribution >= 0.6 is 0 Å². The molecule has 2 saturated heterocycles. The molecule has 0 spiro atoms. The third-order valence-electron chi connectivity index (χ3n) is 3.60. The molecule has 24 heavy (non-hydrogen) atoms. The van der Waals surface area contributed by atoms with Crippen LogP contribution in [0.4, 0.5) is 0 Å². The summed E-state index contributed by atoms with van der Waals surface area (Å²) in [5.41, 5.74) is 0. The Labute approximate surface area is 142 Å². The van der Waals surface area contributed by atoms with E-state index in [4.69, 9.17) is 29.2 Å². The first kappa shape index (κ1) is 20.8. The van der Waals surface area contributed by atoms with E-state index in [2.05, 4.69) is 0 Å². The molecule has 0 bridgehead atoms. The van der Waals surface area contributed by atoms with E-state index in [0.29, 0.717) is 38.9 Å². The summed E-state index contributed by atoms with van der Waals surface area (Å²) in [6.45, 7) is 4.75. The highest BCUT2D eigenvalue weighted by atomic mass is 16.6. The number of carbonyl (C=O) groups excluding carboxylic acids is 2. The van der Waals surface area contributed by atoms with Gasteiger partial charge < -0.3 is 29.2 Å². The second kappa shape index (κ2) is 11.4. The summed E-state index contributed by atoms with van der Waals surface area (Å²) in [7, 11) is 0. The molecular formula is C16H28O8. The summed E-state index contributed by atoms with van der Waals surface area (Å²) in [6, 6.07) is 0. The van der Waals surface area contributed by atoms with E-state index in [9.17, 15) is 9.59 Å². The Kier molecular flexibility index (Phi) is 9.85. The summed E-state index contributed by atoms with van der Waals surface area (Å²) in [5, 5.41) is 18.1. The maximum atomic E-state index is 11.1. The van der Waals surface area contributed by atoms with Gasteiger partial charge in [-0.1, -0.05) is 0 Å². The highest BCUT2D eigenvalue weighted by Gasteiger charge is 2.27. The van der Waals surface area contributed by atoms with E-state index in [1.54, 1.807) is 13.8 Å². The van der Waals surface area contributed by atoms with E-state index >= 15 is 0 Å². The first-order valence-electron chi connectivity index (χ1n) is 8.40. The van der Waals surface area contributed by atoms with E-state index < -0.39 is 24.4 Å². The Bertz CT molecular complexity index is 334. The number of hydrogen-bond donors (Lipinski definition) is 2. The van der Waals surface area contributed by atoms with E-state index in [1.165, 1.54) is 0 Å². The molecule has 2 N–H and O–H groups in total. The summed E-state index contributed by atoms with van der Waals surface area (Å²) < 4.78 is 19.7. The van der Waals surface area contributed by atoms with Crippen LogP contribution in [0.5, 0.6) is 0 Å². The van der Waals surface area contributed by atoms with E-state index in [1.807, 2.05) is 0 Å².